The molecule has 0 radical (unpaired) electrons. The highest BCUT2D eigenvalue weighted by atomic mass is 35.5. The van der Waals surface area contributed by atoms with Gasteiger partial charge in [-0.25, -0.2) is 17.5 Å². The van der Waals surface area contributed by atoms with Gasteiger partial charge in [0.1, 0.15) is 10.7 Å². The van der Waals surface area contributed by atoms with E-state index in [0.29, 0.717) is 18.5 Å². The molecule has 1 atom stereocenters. The highest BCUT2D eigenvalue weighted by Gasteiger charge is 2.32. The van der Waals surface area contributed by atoms with Gasteiger partial charge in [0.2, 0.25) is 15.9 Å². The van der Waals surface area contributed by atoms with Crippen molar-refractivity contribution in [1.82, 2.24) is 4.72 Å². The van der Waals surface area contributed by atoms with E-state index in [9.17, 15) is 17.6 Å². The quantitative estimate of drug-likeness (QED) is 0.720. The summed E-state index contributed by atoms with van der Waals surface area (Å²) in [6, 6.07) is 8.48. The number of benzene rings is 2. The summed E-state index contributed by atoms with van der Waals surface area (Å²) in [7, 11) is -3.96. The van der Waals surface area contributed by atoms with Crippen LogP contribution in [-0.4, -0.2) is 14.3 Å². The fraction of sp³-hybridized carbons (Fsp3) is 0.381. The maximum Gasteiger partial charge on any atom is 0.242 e. The summed E-state index contributed by atoms with van der Waals surface area (Å²) < 4.78 is 42.7. The molecule has 1 aliphatic carbocycles. The van der Waals surface area contributed by atoms with Crippen LogP contribution in [0.25, 0.3) is 0 Å². The van der Waals surface area contributed by atoms with Gasteiger partial charge < -0.3 is 5.32 Å². The summed E-state index contributed by atoms with van der Waals surface area (Å²) in [5.41, 5.74) is 2.02. The third-order valence-electron chi connectivity index (χ3n) is 5.73. The summed E-state index contributed by atoms with van der Waals surface area (Å²) in [4.78, 5) is 11.6. The van der Waals surface area contributed by atoms with Crippen LogP contribution in [0.4, 0.5) is 10.1 Å². The number of halogens is 2. The third kappa shape index (κ3) is 4.32. The minimum Gasteiger partial charge on any atom is -0.326 e. The number of fused-ring (bicyclic) bond motifs is 1. The topological polar surface area (TPSA) is 75.3 Å². The molecule has 4 rings (SSSR count). The first kappa shape index (κ1) is 20.3. The second-order valence-electron chi connectivity index (χ2n) is 7.68. The van der Waals surface area contributed by atoms with Crippen LogP contribution in [0.1, 0.15) is 49.3 Å². The highest BCUT2D eigenvalue weighted by Crippen LogP contribution is 2.38. The van der Waals surface area contributed by atoms with Crippen molar-refractivity contribution < 1.29 is 17.6 Å². The summed E-state index contributed by atoms with van der Waals surface area (Å²) in [6.07, 6.45) is 4.75. The summed E-state index contributed by atoms with van der Waals surface area (Å²) in [6.45, 7) is 0. The average Bonchev–Trinajstić information content (AvgIpc) is 3.21. The number of hydrogen-bond acceptors (Lipinski definition) is 3. The fourth-order valence-electron chi connectivity index (χ4n) is 4.21. The molecule has 2 aromatic rings. The van der Waals surface area contributed by atoms with Gasteiger partial charge in [0.15, 0.2) is 0 Å². The number of amides is 1. The van der Waals surface area contributed by atoms with E-state index in [1.807, 2.05) is 0 Å². The molecular formula is C21H22ClFN2O3S. The minimum atomic E-state index is -3.96. The minimum absolute atomic E-state index is 0.0646. The summed E-state index contributed by atoms with van der Waals surface area (Å²) in [5, 5.41) is 2.84. The van der Waals surface area contributed by atoms with E-state index in [-0.39, 0.29) is 27.6 Å². The van der Waals surface area contributed by atoms with Crippen molar-refractivity contribution in [3.8, 4) is 0 Å². The smallest absolute Gasteiger partial charge is 0.242 e. The van der Waals surface area contributed by atoms with Crippen molar-refractivity contribution >= 4 is 33.2 Å². The van der Waals surface area contributed by atoms with Gasteiger partial charge in [0.25, 0.3) is 0 Å². The van der Waals surface area contributed by atoms with Crippen LogP contribution in [0.5, 0.6) is 0 Å². The largest absolute Gasteiger partial charge is 0.326 e. The van der Waals surface area contributed by atoms with Crippen LogP contribution in [0.2, 0.25) is 5.02 Å². The zero-order chi connectivity index (χ0) is 20.6. The second-order valence-corrected chi connectivity index (χ2v) is 9.77. The summed E-state index contributed by atoms with van der Waals surface area (Å²) in [5.74, 6) is -0.382. The number of carbonyl (C=O) groups excluding carboxylic acids is 1. The molecule has 29 heavy (non-hydrogen) atoms. The Bertz CT molecular complexity index is 1030. The van der Waals surface area contributed by atoms with Gasteiger partial charge >= 0.3 is 0 Å². The lowest BCUT2D eigenvalue weighted by atomic mass is 9.92. The Morgan fingerprint density at radius 2 is 1.79 bits per heavy atom. The van der Waals surface area contributed by atoms with E-state index in [2.05, 4.69) is 10.0 Å². The molecule has 0 aromatic heterocycles. The maximum atomic E-state index is 13.4. The van der Waals surface area contributed by atoms with Gasteiger partial charge in [-0.2, -0.15) is 0 Å². The van der Waals surface area contributed by atoms with Crippen LogP contribution in [0.15, 0.2) is 41.3 Å². The van der Waals surface area contributed by atoms with E-state index < -0.39 is 16.1 Å². The number of nitrogens with one attached hydrogen (secondary N) is 2. The Morgan fingerprint density at radius 1 is 1.10 bits per heavy atom. The van der Waals surface area contributed by atoms with Crippen molar-refractivity contribution in [2.45, 2.75) is 49.5 Å². The number of rotatable bonds is 5. The van der Waals surface area contributed by atoms with Crippen molar-refractivity contribution in [3.05, 3.63) is 58.4 Å². The van der Waals surface area contributed by atoms with Gasteiger partial charge in [0.05, 0.1) is 5.02 Å². The predicted octanol–water partition coefficient (Wildman–Crippen LogP) is 4.57. The van der Waals surface area contributed by atoms with E-state index >= 15 is 0 Å². The number of hydrogen-bond donors (Lipinski definition) is 2. The molecule has 5 nitrogen and oxygen atoms in total. The molecule has 1 amide bonds. The van der Waals surface area contributed by atoms with Crippen molar-refractivity contribution in [1.29, 1.82) is 0 Å². The molecule has 1 fully saturated rings. The van der Waals surface area contributed by atoms with Crippen molar-refractivity contribution in [2.24, 2.45) is 5.92 Å². The Labute approximate surface area is 174 Å². The number of sulfonamides is 1. The van der Waals surface area contributed by atoms with Crippen LogP contribution in [0, 0.1) is 11.7 Å². The second kappa shape index (κ2) is 8.05. The van der Waals surface area contributed by atoms with Crippen LogP contribution < -0.4 is 10.0 Å². The van der Waals surface area contributed by atoms with E-state index in [0.717, 1.165) is 36.8 Å². The van der Waals surface area contributed by atoms with Gasteiger partial charge in [-0.3, -0.25) is 4.79 Å². The fourth-order valence-corrected chi connectivity index (χ4v) is 6.08. The summed E-state index contributed by atoms with van der Waals surface area (Å²) >= 11 is 6.31. The Morgan fingerprint density at radius 3 is 2.48 bits per heavy atom. The zero-order valence-corrected chi connectivity index (χ0v) is 17.3. The molecule has 8 heteroatoms. The normalized spacial score (nSPS) is 18.3. The monoisotopic (exact) mass is 436 g/mol. The van der Waals surface area contributed by atoms with E-state index in [1.165, 1.54) is 18.2 Å². The number of carbonyl (C=O) groups is 1. The molecule has 1 aliphatic heterocycles. The third-order valence-corrected chi connectivity index (χ3v) is 7.63. The first-order valence-corrected chi connectivity index (χ1v) is 11.6. The average molecular weight is 437 g/mol. The molecule has 1 heterocycles. The lowest BCUT2D eigenvalue weighted by Gasteiger charge is -2.26. The molecule has 0 saturated heterocycles. The molecule has 2 aliphatic rings. The Balaban J connectivity index is 1.69. The predicted molar refractivity (Wildman–Crippen MR) is 110 cm³/mol. The number of aryl methyl sites for hydroxylation is 1. The van der Waals surface area contributed by atoms with Gasteiger partial charge in [-0.1, -0.05) is 36.6 Å². The lowest BCUT2D eigenvalue weighted by Crippen LogP contribution is -2.33. The maximum absolute atomic E-state index is 13.4. The molecule has 154 valence electrons. The molecule has 2 aromatic carbocycles. The highest BCUT2D eigenvalue weighted by molar-refractivity contribution is 7.89. The van der Waals surface area contributed by atoms with E-state index in [1.54, 1.807) is 18.2 Å². The molecule has 0 unspecified atom stereocenters. The number of anilines is 1. The molecular weight excluding hydrogens is 415 g/mol. The lowest BCUT2D eigenvalue weighted by molar-refractivity contribution is -0.116. The van der Waals surface area contributed by atoms with Gasteiger partial charge in [-0.05, 0) is 60.6 Å². The Hall–Kier alpha value is -1.96. The van der Waals surface area contributed by atoms with Gasteiger partial charge in [-0.15, -0.1) is 0 Å². The van der Waals surface area contributed by atoms with E-state index in [4.69, 9.17) is 11.6 Å². The standard InChI is InChI=1S/C21H22ClFN2O3S/c22-17-11-15-7-10-20(26)24-18(15)12-19(17)29(27,28)25-21(13-3-1-2-4-13)14-5-8-16(23)9-6-14/h5-6,8-9,11-13,21,25H,1-4,7,10H2,(H,24,26)/t21-/m1/s1. The molecule has 0 spiro atoms. The van der Waals surface area contributed by atoms with Gasteiger partial charge in [0, 0.05) is 18.2 Å². The molecule has 2 N–H and O–H groups in total. The molecule has 0 bridgehead atoms. The first-order chi connectivity index (χ1) is 13.8. The molecule has 1 saturated carbocycles. The van der Waals surface area contributed by atoms with Crippen molar-refractivity contribution in [3.63, 3.8) is 0 Å². The SMILES string of the molecule is O=C1CCc2cc(Cl)c(S(=O)(=O)N[C@@H](c3ccc(F)cc3)C3CCCC3)cc2N1. The first-order valence-electron chi connectivity index (χ1n) is 9.73. The van der Waals surface area contributed by atoms with Crippen LogP contribution in [0.3, 0.4) is 0 Å². The zero-order valence-electron chi connectivity index (χ0n) is 15.8. The van der Waals surface area contributed by atoms with Crippen LogP contribution in [-0.2, 0) is 21.2 Å². The van der Waals surface area contributed by atoms with Crippen LogP contribution >= 0.6 is 11.6 Å². The Kier molecular flexibility index (Phi) is 5.64. The van der Waals surface area contributed by atoms with Crippen molar-refractivity contribution in [2.75, 3.05) is 5.32 Å².